The van der Waals surface area contributed by atoms with E-state index in [1.165, 1.54) is 0 Å². The van der Waals surface area contributed by atoms with Crippen LogP contribution in [0.3, 0.4) is 0 Å². The first-order valence-electron chi connectivity index (χ1n) is 5.70. The Morgan fingerprint density at radius 2 is 2.18 bits per heavy atom. The van der Waals surface area contributed by atoms with E-state index < -0.39 is 12.6 Å². The summed E-state index contributed by atoms with van der Waals surface area (Å²) in [6.07, 6.45) is -0.730. The van der Waals surface area contributed by atoms with E-state index in [1.54, 1.807) is 13.2 Å². The summed E-state index contributed by atoms with van der Waals surface area (Å²) in [6.45, 7) is 2.76. The minimum Gasteiger partial charge on any atom is -0.335 e. The smallest absolute Gasteiger partial charge is 0.335 e. The van der Waals surface area contributed by atoms with Gasteiger partial charge in [0.25, 0.3) is 0 Å². The molecule has 0 saturated heterocycles. The van der Waals surface area contributed by atoms with Crippen LogP contribution in [-0.4, -0.2) is 28.8 Å². The Labute approximate surface area is 99.0 Å². The molecule has 0 saturated carbocycles. The summed E-state index contributed by atoms with van der Waals surface area (Å²) in [5.41, 5.74) is 0. The maximum Gasteiger partial charge on any atom is 0.389 e. The maximum absolute atomic E-state index is 12.1. The average Bonchev–Trinajstić information content (AvgIpc) is 2.70. The SMILES string of the molecule is CCn1ccnc1CC(CCC(F)(F)F)NC. The molecule has 0 radical (unpaired) electrons. The lowest BCUT2D eigenvalue weighted by atomic mass is 10.1. The van der Waals surface area contributed by atoms with Gasteiger partial charge in [-0.3, -0.25) is 0 Å². The number of rotatable bonds is 6. The van der Waals surface area contributed by atoms with Gasteiger partial charge in [-0.15, -0.1) is 0 Å². The number of aromatic nitrogens is 2. The number of hydrogen-bond acceptors (Lipinski definition) is 2. The molecular formula is C11H18F3N3. The van der Waals surface area contributed by atoms with E-state index in [0.29, 0.717) is 6.42 Å². The average molecular weight is 249 g/mol. The van der Waals surface area contributed by atoms with Crippen LogP contribution in [0.25, 0.3) is 0 Å². The Bertz CT molecular complexity index is 333. The van der Waals surface area contributed by atoms with Crippen LogP contribution in [0.1, 0.15) is 25.6 Å². The van der Waals surface area contributed by atoms with Crippen LogP contribution in [0.4, 0.5) is 13.2 Å². The summed E-state index contributed by atoms with van der Waals surface area (Å²) in [5, 5.41) is 2.91. The van der Waals surface area contributed by atoms with E-state index in [2.05, 4.69) is 10.3 Å². The van der Waals surface area contributed by atoms with Gasteiger partial charge in [0, 0.05) is 37.8 Å². The largest absolute Gasteiger partial charge is 0.389 e. The molecule has 0 fully saturated rings. The highest BCUT2D eigenvalue weighted by Gasteiger charge is 2.28. The van der Waals surface area contributed by atoms with E-state index in [0.717, 1.165) is 12.4 Å². The van der Waals surface area contributed by atoms with Crippen LogP contribution >= 0.6 is 0 Å². The van der Waals surface area contributed by atoms with Crippen molar-refractivity contribution in [2.75, 3.05) is 7.05 Å². The number of likely N-dealkylation sites (N-methyl/N-ethyl adjacent to an activating group) is 1. The fraction of sp³-hybridized carbons (Fsp3) is 0.727. The molecule has 0 aliphatic heterocycles. The maximum atomic E-state index is 12.1. The zero-order valence-corrected chi connectivity index (χ0v) is 10.1. The van der Waals surface area contributed by atoms with Gasteiger partial charge in [-0.05, 0) is 20.4 Å². The minimum atomic E-state index is -4.09. The molecule has 0 aliphatic rings. The van der Waals surface area contributed by atoms with Crippen LogP contribution in [-0.2, 0) is 13.0 Å². The van der Waals surface area contributed by atoms with Gasteiger partial charge in [0.1, 0.15) is 5.82 Å². The second-order valence-electron chi connectivity index (χ2n) is 3.97. The number of alkyl halides is 3. The van der Waals surface area contributed by atoms with Gasteiger partial charge in [-0.2, -0.15) is 13.2 Å². The number of nitrogens with one attached hydrogen (secondary N) is 1. The van der Waals surface area contributed by atoms with Crippen LogP contribution in [0.2, 0.25) is 0 Å². The second kappa shape index (κ2) is 6.05. The predicted molar refractivity (Wildman–Crippen MR) is 59.7 cm³/mol. The molecule has 1 aromatic rings. The van der Waals surface area contributed by atoms with Crippen molar-refractivity contribution in [3.05, 3.63) is 18.2 Å². The van der Waals surface area contributed by atoms with Crippen molar-refractivity contribution in [3.8, 4) is 0 Å². The zero-order valence-electron chi connectivity index (χ0n) is 10.1. The number of hydrogen-bond donors (Lipinski definition) is 1. The minimum absolute atomic E-state index is 0.0799. The van der Waals surface area contributed by atoms with Gasteiger partial charge in [0.15, 0.2) is 0 Å². The third kappa shape index (κ3) is 4.77. The molecule has 98 valence electrons. The zero-order chi connectivity index (χ0) is 12.9. The van der Waals surface area contributed by atoms with Crippen LogP contribution in [0, 0.1) is 0 Å². The van der Waals surface area contributed by atoms with Gasteiger partial charge in [-0.1, -0.05) is 0 Å². The first-order valence-corrected chi connectivity index (χ1v) is 5.70. The lowest BCUT2D eigenvalue weighted by molar-refractivity contribution is -0.136. The molecule has 0 spiro atoms. The van der Waals surface area contributed by atoms with Gasteiger partial charge < -0.3 is 9.88 Å². The topological polar surface area (TPSA) is 29.9 Å². The first-order chi connectivity index (χ1) is 7.96. The molecule has 3 nitrogen and oxygen atoms in total. The fourth-order valence-corrected chi connectivity index (χ4v) is 1.72. The molecule has 17 heavy (non-hydrogen) atoms. The third-order valence-electron chi connectivity index (χ3n) is 2.76. The monoisotopic (exact) mass is 249 g/mol. The van der Waals surface area contributed by atoms with Gasteiger partial charge in [0.2, 0.25) is 0 Å². The van der Waals surface area contributed by atoms with Gasteiger partial charge >= 0.3 is 6.18 Å². The summed E-state index contributed by atoms with van der Waals surface area (Å²) in [6, 6.07) is -0.190. The van der Waals surface area contributed by atoms with E-state index >= 15 is 0 Å². The summed E-state index contributed by atoms with van der Waals surface area (Å²) >= 11 is 0. The number of imidazole rings is 1. The number of nitrogens with zero attached hydrogens (tertiary/aromatic N) is 2. The second-order valence-corrected chi connectivity index (χ2v) is 3.97. The fourth-order valence-electron chi connectivity index (χ4n) is 1.72. The molecule has 0 bridgehead atoms. The molecule has 1 heterocycles. The molecule has 6 heteroatoms. The Morgan fingerprint density at radius 1 is 1.47 bits per heavy atom. The van der Waals surface area contributed by atoms with Crippen molar-refractivity contribution in [3.63, 3.8) is 0 Å². The molecule has 1 aromatic heterocycles. The summed E-state index contributed by atoms with van der Waals surface area (Å²) in [4.78, 5) is 4.16. The standard InChI is InChI=1S/C11H18F3N3/c1-3-17-7-6-16-10(17)8-9(15-2)4-5-11(12,13)14/h6-7,9,15H,3-5,8H2,1-2H3. The third-order valence-corrected chi connectivity index (χ3v) is 2.76. The molecule has 1 atom stereocenters. The molecular weight excluding hydrogens is 231 g/mol. The number of halogens is 3. The van der Waals surface area contributed by atoms with Crippen LogP contribution < -0.4 is 5.32 Å². The van der Waals surface area contributed by atoms with Gasteiger partial charge in [0.05, 0.1) is 0 Å². The molecule has 1 rings (SSSR count). The first kappa shape index (κ1) is 14.0. The number of aryl methyl sites for hydroxylation is 1. The van der Waals surface area contributed by atoms with E-state index in [9.17, 15) is 13.2 Å². The van der Waals surface area contributed by atoms with E-state index in [-0.39, 0.29) is 12.5 Å². The Hall–Kier alpha value is -1.04. The molecule has 0 aliphatic carbocycles. The molecule has 0 amide bonds. The van der Waals surface area contributed by atoms with Crippen LogP contribution in [0.5, 0.6) is 0 Å². The van der Waals surface area contributed by atoms with Crippen molar-refractivity contribution in [2.24, 2.45) is 0 Å². The van der Waals surface area contributed by atoms with Crippen molar-refractivity contribution < 1.29 is 13.2 Å². The summed E-state index contributed by atoms with van der Waals surface area (Å²) in [5.74, 6) is 0.828. The summed E-state index contributed by atoms with van der Waals surface area (Å²) in [7, 11) is 1.68. The van der Waals surface area contributed by atoms with Gasteiger partial charge in [-0.25, -0.2) is 4.98 Å². The van der Waals surface area contributed by atoms with E-state index in [1.807, 2.05) is 17.7 Å². The van der Waals surface area contributed by atoms with Crippen LogP contribution in [0.15, 0.2) is 12.4 Å². The highest BCUT2D eigenvalue weighted by atomic mass is 19.4. The molecule has 0 aromatic carbocycles. The highest BCUT2D eigenvalue weighted by molar-refractivity contribution is 4.95. The summed E-state index contributed by atoms with van der Waals surface area (Å²) < 4.78 is 38.3. The predicted octanol–water partition coefficient (Wildman–Crippen LogP) is 2.38. The Morgan fingerprint density at radius 3 is 2.71 bits per heavy atom. The van der Waals surface area contributed by atoms with Crippen molar-refractivity contribution in [1.29, 1.82) is 0 Å². The van der Waals surface area contributed by atoms with E-state index in [4.69, 9.17) is 0 Å². The van der Waals surface area contributed by atoms with Crippen molar-refractivity contribution >= 4 is 0 Å². The quantitative estimate of drug-likeness (QED) is 0.838. The Kier molecular flexibility index (Phi) is 4.99. The highest BCUT2D eigenvalue weighted by Crippen LogP contribution is 2.22. The Balaban J connectivity index is 2.52. The molecule has 1 N–H and O–H groups in total. The lowest BCUT2D eigenvalue weighted by Crippen LogP contribution is -2.30. The normalized spacial score (nSPS) is 13.9. The van der Waals surface area contributed by atoms with Crippen molar-refractivity contribution in [1.82, 2.24) is 14.9 Å². The van der Waals surface area contributed by atoms with Crippen molar-refractivity contribution in [2.45, 2.75) is 44.9 Å². The molecule has 1 unspecified atom stereocenters. The lowest BCUT2D eigenvalue weighted by Gasteiger charge is -2.17.